The lowest BCUT2D eigenvalue weighted by molar-refractivity contribution is -0.164. The molecule has 0 radical (unpaired) electrons. The van der Waals surface area contributed by atoms with Crippen LogP contribution >= 0.6 is 0 Å². The van der Waals surface area contributed by atoms with E-state index in [-0.39, 0.29) is 13.2 Å². The summed E-state index contributed by atoms with van der Waals surface area (Å²) in [6.07, 6.45) is 0. The van der Waals surface area contributed by atoms with Gasteiger partial charge in [0, 0.05) is 0 Å². The quantitative estimate of drug-likeness (QED) is 0.345. The highest BCUT2D eigenvalue weighted by atomic mass is 16.6. The lowest BCUT2D eigenvalue weighted by Crippen LogP contribution is -2.41. The molecular weight excluding hydrogens is 422 g/mol. The monoisotopic (exact) mass is 449 g/mol. The molecule has 0 aliphatic carbocycles. The Morgan fingerprint density at radius 2 is 1.33 bits per heavy atom. The predicted molar refractivity (Wildman–Crippen MR) is 123 cm³/mol. The number of carbonyl (C=O) groups is 2. The van der Waals surface area contributed by atoms with Gasteiger partial charge in [-0.2, -0.15) is 0 Å². The zero-order valence-electron chi connectivity index (χ0n) is 18.4. The summed E-state index contributed by atoms with van der Waals surface area (Å²) in [7, 11) is 0. The number of ether oxygens (including phenoxy) is 3. The molecule has 0 saturated carbocycles. The molecule has 0 spiro atoms. The molecule has 1 amide bonds. The number of aliphatic hydroxyl groups is 1. The van der Waals surface area contributed by atoms with Crippen LogP contribution < -0.4 is 14.8 Å². The number of esters is 1. The number of hydrogen-bond acceptors (Lipinski definition) is 6. The highest BCUT2D eigenvalue weighted by molar-refractivity contribution is 5.88. The van der Waals surface area contributed by atoms with Gasteiger partial charge in [0.15, 0.2) is 6.61 Å². The van der Waals surface area contributed by atoms with Gasteiger partial charge in [-0.3, -0.25) is 4.79 Å². The van der Waals surface area contributed by atoms with Crippen molar-refractivity contribution in [1.29, 1.82) is 0 Å². The van der Waals surface area contributed by atoms with E-state index in [9.17, 15) is 14.7 Å². The van der Waals surface area contributed by atoms with Crippen molar-refractivity contribution in [3.8, 4) is 11.5 Å². The fourth-order valence-electron chi connectivity index (χ4n) is 3.21. The molecule has 0 unspecified atom stereocenters. The molecule has 0 aliphatic heterocycles. The van der Waals surface area contributed by atoms with Crippen LogP contribution in [0.5, 0.6) is 11.5 Å². The second kappa shape index (κ2) is 11.7. The molecule has 7 heteroatoms. The molecule has 33 heavy (non-hydrogen) atoms. The first-order valence-corrected chi connectivity index (χ1v) is 10.7. The van der Waals surface area contributed by atoms with E-state index in [2.05, 4.69) is 5.32 Å². The fourth-order valence-corrected chi connectivity index (χ4v) is 3.21. The van der Waals surface area contributed by atoms with Crippen LogP contribution in [0.1, 0.15) is 18.1 Å². The maximum atomic E-state index is 12.9. The molecule has 0 heterocycles. The van der Waals surface area contributed by atoms with Gasteiger partial charge in [-0.15, -0.1) is 0 Å². The molecule has 0 fully saturated rings. The zero-order chi connectivity index (χ0) is 23.5. The van der Waals surface area contributed by atoms with Crippen molar-refractivity contribution in [2.45, 2.75) is 12.5 Å². The largest absolute Gasteiger partial charge is 0.494 e. The summed E-state index contributed by atoms with van der Waals surface area (Å²) in [5.41, 5.74) is -1.32. The molecule has 7 nitrogen and oxygen atoms in total. The van der Waals surface area contributed by atoms with E-state index >= 15 is 0 Å². The number of amides is 1. The molecule has 0 aliphatic rings. The van der Waals surface area contributed by atoms with Gasteiger partial charge in [0.05, 0.1) is 13.2 Å². The van der Waals surface area contributed by atoms with E-state index in [1.54, 1.807) is 84.9 Å². The number of hydrogen-bond donors (Lipinski definition) is 2. The minimum absolute atomic E-state index is 0.227. The molecule has 172 valence electrons. The molecule has 2 N–H and O–H groups in total. The van der Waals surface area contributed by atoms with Gasteiger partial charge < -0.3 is 24.6 Å². The molecule has 0 atom stereocenters. The van der Waals surface area contributed by atoms with Crippen molar-refractivity contribution >= 4 is 11.9 Å². The van der Waals surface area contributed by atoms with Crippen molar-refractivity contribution in [3.05, 3.63) is 96.1 Å². The Hall–Kier alpha value is -3.84. The van der Waals surface area contributed by atoms with E-state index in [4.69, 9.17) is 14.2 Å². The summed E-state index contributed by atoms with van der Waals surface area (Å²) in [5, 5.41) is 13.9. The standard InChI is InChI=1S/C26H27NO6/c1-2-31-22-13-15-23(16-14-22)32-18-17-27-24(28)19-33-25(29)26(30,20-9-5-3-6-10-20)21-11-7-4-8-12-21/h3-16,30H,2,17-19H2,1H3,(H,27,28). The highest BCUT2D eigenvalue weighted by Gasteiger charge is 2.41. The molecule has 0 saturated heterocycles. The third-order valence-electron chi connectivity index (χ3n) is 4.84. The number of carbonyl (C=O) groups excluding carboxylic acids is 2. The first-order chi connectivity index (χ1) is 16.0. The zero-order valence-corrected chi connectivity index (χ0v) is 18.4. The van der Waals surface area contributed by atoms with Gasteiger partial charge in [-0.05, 0) is 42.3 Å². The van der Waals surface area contributed by atoms with Gasteiger partial charge in [0.1, 0.15) is 18.1 Å². The van der Waals surface area contributed by atoms with Crippen molar-refractivity contribution < 1.29 is 28.9 Å². The normalized spacial score (nSPS) is 10.8. The van der Waals surface area contributed by atoms with Crippen LogP contribution in [-0.4, -0.2) is 43.3 Å². The Kier molecular flexibility index (Phi) is 8.43. The van der Waals surface area contributed by atoms with Crippen LogP contribution in [0.4, 0.5) is 0 Å². The third kappa shape index (κ3) is 6.33. The summed E-state index contributed by atoms with van der Waals surface area (Å²) in [5.74, 6) is -0.0244. The van der Waals surface area contributed by atoms with E-state index in [1.165, 1.54) is 0 Å². The lowest BCUT2D eigenvalue weighted by Gasteiger charge is -2.26. The van der Waals surface area contributed by atoms with Crippen molar-refractivity contribution in [2.24, 2.45) is 0 Å². The van der Waals surface area contributed by atoms with Gasteiger partial charge in [-0.1, -0.05) is 60.7 Å². The first kappa shape index (κ1) is 23.8. The van der Waals surface area contributed by atoms with Crippen LogP contribution in [0.2, 0.25) is 0 Å². The summed E-state index contributed by atoms with van der Waals surface area (Å²) in [6.45, 7) is 2.44. The van der Waals surface area contributed by atoms with Crippen LogP contribution in [0.15, 0.2) is 84.9 Å². The fraction of sp³-hybridized carbons (Fsp3) is 0.231. The minimum atomic E-state index is -2.03. The van der Waals surface area contributed by atoms with E-state index < -0.39 is 24.1 Å². The van der Waals surface area contributed by atoms with Crippen molar-refractivity contribution in [2.75, 3.05) is 26.4 Å². The number of nitrogens with one attached hydrogen (secondary N) is 1. The van der Waals surface area contributed by atoms with E-state index in [0.717, 1.165) is 5.75 Å². The van der Waals surface area contributed by atoms with Gasteiger partial charge in [0.2, 0.25) is 5.60 Å². The summed E-state index contributed by atoms with van der Waals surface area (Å²) in [6, 6.07) is 24.1. The molecular formula is C26H27NO6. The van der Waals surface area contributed by atoms with Gasteiger partial charge in [-0.25, -0.2) is 4.79 Å². The van der Waals surface area contributed by atoms with Crippen LogP contribution in [0.3, 0.4) is 0 Å². The maximum Gasteiger partial charge on any atom is 0.348 e. The number of benzene rings is 3. The Morgan fingerprint density at radius 1 is 0.818 bits per heavy atom. The second-order valence-corrected chi connectivity index (χ2v) is 7.12. The van der Waals surface area contributed by atoms with Crippen LogP contribution in [-0.2, 0) is 19.9 Å². The molecule has 0 bridgehead atoms. The third-order valence-corrected chi connectivity index (χ3v) is 4.84. The maximum absolute atomic E-state index is 12.9. The minimum Gasteiger partial charge on any atom is -0.494 e. The van der Waals surface area contributed by atoms with Crippen molar-refractivity contribution in [1.82, 2.24) is 5.32 Å². The summed E-state index contributed by atoms with van der Waals surface area (Å²) < 4.78 is 16.1. The molecule has 3 aromatic carbocycles. The van der Waals surface area contributed by atoms with Gasteiger partial charge >= 0.3 is 5.97 Å². The van der Waals surface area contributed by atoms with Crippen LogP contribution in [0.25, 0.3) is 0 Å². The highest BCUT2D eigenvalue weighted by Crippen LogP contribution is 2.31. The topological polar surface area (TPSA) is 94.1 Å². The summed E-state index contributed by atoms with van der Waals surface area (Å²) in [4.78, 5) is 25.0. The lowest BCUT2D eigenvalue weighted by atomic mass is 9.86. The van der Waals surface area contributed by atoms with Crippen LogP contribution in [0, 0.1) is 0 Å². The molecule has 0 aromatic heterocycles. The van der Waals surface area contributed by atoms with Crippen molar-refractivity contribution in [3.63, 3.8) is 0 Å². The van der Waals surface area contributed by atoms with Gasteiger partial charge in [0.25, 0.3) is 5.91 Å². The smallest absolute Gasteiger partial charge is 0.348 e. The number of rotatable bonds is 11. The Balaban J connectivity index is 1.50. The van der Waals surface area contributed by atoms with E-state index in [0.29, 0.717) is 23.5 Å². The Labute approximate surface area is 192 Å². The predicted octanol–water partition coefficient (Wildman–Crippen LogP) is 3.06. The Bertz CT molecular complexity index is 982. The Morgan fingerprint density at radius 3 is 1.85 bits per heavy atom. The average molecular weight is 450 g/mol. The average Bonchev–Trinajstić information content (AvgIpc) is 2.87. The first-order valence-electron chi connectivity index (χ1n) is 10.7. The second-order valence-electron chi connectivity index (χ2n) is 7.12. The SMILES string of the molecule is CCOc1ccc(OCCNC(=O)COC(=O)C(O)(c2ccccc2)c2ccccc2)cc1. The molecule has 3 rings (SSSR count). The van der Waals surface area contributed by atoms with E-state index in [1.807, 2.05) is 6.92 Å². The molecule has 3 aromatic rings. The summed E-state index contributed by atoms with van der Waals surface area (Å²) >= 11 is 0.